The summed E-state index contributed by atoms with van der Waals surface area (Å²) in [5, 5.41) is 2.33. The van der Waals surface area contributed by atoms with Gasteiger partial charge in [-0.25, -0.2) is 0 Å². The van der Waals surface area contributed by atoms with E-state index in [4.69, 9.17) is 0 Å². The van der Waals surface area contributed by atoms with Gasteiger partial charge < -0.3 is 0 Å². The highest BCUT2D eigenvalue weighted by atomic mass is 16.2. The van der Waals surface area contributed by atoms with Crippen molar-refractivity contribution in [2.45, 2.75) is 39.0 Å². The number of amides is 2. The van der Waals surface area contributed by atoms with E-state index in [9.17, 15) is 9.59 Å². The van der Waals surface area contributed by atoms with Gasteiger partial charge in [0.25, 0.3) is 11.8 Å². The van der Waals surface area contributed by atoms with Crippen LogP contribution < -0.4 is 5.32 Å². The topological polar surface area (TPSA) is 46.2 Å². The van der Waals surface area contributed by atoms with Gasteiger partial charge in [0, 0.05) is 5.92 Å². The molecule has 1 aromatic rings. The van der Waals surface area contributed by atoms with Gasteiger partial charge in [0.15, 0.2) is 0 Å². The smallest absolute Gasteiger partial charge is 0.258 e. The number of benzene rings is 1. The lowest BCUT2D eigenvalue weighted by atomic mass is 9.93. The molecular formula is C18H21NO2. The second kappa shape index (κ2) is 7.02. The molecule has 2 amide bonds. The van der Waals surface area contributed by atoms with Crippen LogP contribution in [0.3, 0.4) is 0 Å². The van der Waals surface area contributed by atoms with Gasteiger partial charge in [-0.2, -0.15) is 0 Å². The number of unbranched alkanes of at least 4 members (excludes halogenated alkanes) is 1. The maximum absolute atomic E-state index is 11.7. The third kappa shape index (κ3) is 3.48. The molecule has 0 saturated heterocycles. The van der Waals surface area contributed by atoms with Crippen LogP contribution in [-0.4, -0.2) is 11.8 Å². The molecule has 1 heterocycles. The molecule has 1 atom stereocenters. The summed E-state index contributed by atoms with van der Waals surface area (Å²) in [6.07, 6.45) is 11.6. The Balaban J connectivity index is 2.18. The van der Waals surface area contributed by atoms with Crippen molar-refractivity contribution in [1.82, 2.24) is 5.32 Å². The van der Waals surface area contributed by atoms with Crippen LogP contribution in [-0.2, 0) is 0 Å². The highest BCUT2D eigenvalue weighted by Crippen LogP contribution is 2.25. The first-order valence-electron chi connectivity index (χ1n) is 7.50. The summed E-state index contributed by atoms with van der Waals surface area (Å²) in [5.74, 6) is -0.337. The fourth-order valence-corrected chi connectivity index (χ4v) is 2.44. The van der Waals surface area contributed by atoms with E-state index in [1.54, 1.807) is 6.07 Å². The van der Waals surface area contributed by atoms with Crippen molar-refractivity contribution < 1.29 is 9.59 Å². The Morgan fingerprint density at radius 1 is 1.10 bits per heavy atom. The quantitative estimate of drug-likeness (QED) is 0.634. The van der Waals surface area contributed by atoms with Crippen LogP contribution in [0.15, 0.2) is 42.5 Å². The van der Waals surface area contributed by atoms with Crippen LogP contribution in [0.5, 0.6) is 0 Å². The number of carbonyl (C=O) groups excluding carboxylic acids is 2. The lowest BCUT2D eigenvalue weighted by Crippen LogP contribution is -2.19. The van der Waals surface area contributed by atoms with Gasteiger partial charge in [0.05, 0.1) is 11.1 Å². The Morgan fingerprint density at radius 2 is 1.86 bits per heavy atom. The normalized spacial score (nSPS) is 15.7. The summed E-state index contributed by atoms with van der Waals surface area (Å²) in [7, 11) is 0. The minimum atomic E-state index is -0.298. The highest BCUT2D eigenvalue weighted by molar-refractivity contribution is 6.21. The Hall–Kier alpha value is -2.16. The van der Waals surface area contributed by atoms with Crippen LogP contribution in [0.4, 0.5) is 0 Å². The molecule has 0 fully saturated rings. The lowest BCUT2D eigenvalue weighted by molar-refractivity contribution is 0.0879. The van der Waals surface area contributed by atoms with E-state index in [0.717, 1.165) is 24.8 Å². The summed E-state index contributed by atoms with van der Waals surface area (Å²) in [6, 6.07) is 5.52. The average Bonchev–Trinajstić information content (AvgIpc) is 2.77. The van der Waals surface area contributed by atoms with E-state index in [2.05, 4.69) is 43.5 Å². The minimum absolute atomic E-state index is 0.255. The second-order valence-electron chi connectivity index (χ2n) is 5.20. The fraction of sp³-hybridized carbons (Fsp3) is 0.333. The molecule has 3 nitrogen and oxygen atoms in total. The second-order valence-corrected chi connectivity index (χ2v) is 5.20. The standard InChI is InChI=1S/C18H21NO2/c1-3-5-6-7-8-9-13(4-2)14-10-11-15-16(12-14)18(21)19-17(15)20/h6-13H,3-5H2,1-2H3,(H,19,20,21). The first-order valence-corrected chi connectivity index (χ1v) is 7.50. The molecule has 3 heteroatoms. The summed E-state index contributed by atoms with van der Waals surface area (Å²) < 4.78 is 0. The summed E-state index contributed by atoms with van der Waals surface area (Å²) in [6.45, 7) is 4.27. The van der Waals surface area contributed by atoms with Gasteiger partial charge in [-0.15, -0.1) is 0 Å². The minimum Gasteiger partial charge on any atom is -0.288 e. The number of hydrogen-bond donors (Lipinski definition) is 1. The van der Waals surface area contributed by atoms with E-state index in [1.807, 2.05) is 12.1 Å². The SMILES string of the molecule is CCCC=CC=CC(CC)c1ccc2c(c1)C(=O)NC2=O. The maximum Gasteiger partial charge on any atom is 0.258 e. The van der Waals surface area contributed by atoms with E-state index >= 15 is 0 Å². The van der Waals surface area contributed by atoms with Crippen molar-refractivity contribution in [1.29, 1.82) is 0 Å². The summed E-state index contributed by atoms with van der Waals surface area (Å²) in [4.78, 5) is 23.3. The van der Waals surface area contributed by atoms with Crippen LogP contribution in [0.1, 0.15) is 65.3 Å². The van der Waals surface area contributed by atoms with Gasteiger partial charge in [-0.1, -0.05) is 50.6 Å². The van der Waals surface area contributed by atoms with Crippen molar-refractivity contribution in [3.63, 3.8) is 0 Å². The third-order valence-electron chi connectivity index (χ3n) is 3.67. The van der Waals surface area contributed by atoms with E-state index < -0.39 is 0 Å². The Morgan fingerprint density at radius 3 is 2.57 bits per heavy atom. The number of carbonyl (C=O) groups is 2. The monoisotopic (exact) mass is 283 g/mol. The molecule has 1 aliphatic rings. The zero-order valence-corrected chi connectivity index (χ0v) is 12.6. The number of rotatable bonds is 6. The average molecular weight is 283 g/mol. The first kappa shape index (κ1) is 15.2. The number of fused-ring (bicyclic) bond motifs is 1. The molecule has 110 valence electrons. The van der Waals surface area contributed by atoms with Crippen LogP contribution in [0.2, 0.25) is 0 Å². The van der Waals surface area contributed by atoms with Crippen LogP contribution >= 0.6 is 0 Å². The predicted molar refractivity (Wildman–Crippen MR) is 84.5 cm³/mol. The molecule has 1 aromatic carbocycles. The Bertz CT molecular complexity index is 599. The predicted octanol–water partition coefficient (Wildman–Crippen LogP) is 3.98. The van der Waals surface area contributed by atoms with Gasteiger partial charge in [0.2, 0.25) is 0 Å². The highest BCUT2D eigenvalue weighted by Gasteiger charge is 2.27. The lowest BCUT2D eigenvalue weighted by Gasteiger charge is -2.11. The van der Waals surface area contributed by atoms with E-state index in [1.165, 1.54) is 0 Å². The van der Waals surface area contributed by atoms with Crippen LogP contribution in [0, 0.1) is 0 Å². The van der Waals surface area contributed by atoms with Crippen molar-refractivity contribution in [3.05, 3.63) is 59.2 Å². The van der Waals surface area contributed by atoms with Crippen molar-refractivity contribution in [3.8, 4) is 0 Å². The van der Waals surface area contributed by atoms with E-state index in [0.29, 0.717) is 11.1 Å². The molecular weight excluding hydrogens is 262 g/mol. The zero-order valence-electron chi connectivity index (χ0n) is 12.6. The molecule has 0 spiro atoms. The molecule has 0 aliphatic carbocycles. The summed E-state index contributed by atoms with van der Waals surface area (Å²) >= 11 is 0. The number of hydrogen-bond acceptors (Lipinski definition) is 2. The van der Waals surface area contributed by atoms with Crippen molar-refractivity contribution >= 4 is 11.8 Å². The number of allylic oxidation sites excluding steroid dienone is 4. The van der Waals surface area contributed by atoms with Crippen LogP contribution in [0.25, 0.3) is 0 Å². The zero-order chi connectivity index (χ0) is 15.2. The fourth-order valence-electron chi connectivity index (χ4n) is 2.44. The molecule has 0 saturated carbocycles. The molecule has 0 radical (unpaired) electrons. The molecule has 1 aliphatic heterocycles. The number of imide groups is 1. The third-order valence-corrected chi connectivity index (χ3v) is 3.67. The van der Waals surface area contributed by atoms with Gasteiger partial charge >= 0.3 is 0 Å². The van der Waals surface area contributed by atoms with Gasteiger partial charge in [-0.3, -0.25) is 14.9 Å². The molecule has 0 aromatic heterocycles. The Labute approximate surface area is 125 Å². The van der Waals surface area contributed by atoms with Gasteiger partial charge in [0.1, 0.15) is 0 Å². The first-order chi connectivity index (χ1) is 10.2. The molecule has 1 N–H and O–H groups in total. The van der Waals surface area contributed by atoms with Crippen molar-refractivity contribution in [2.24, 2.45) is 0 Å². The van der Waals surface area contributed by atoms with Gasteiger partial charge in [-0.05, 0) is 30.5 Å². The molecule has 0 bridgehead atoms. The maximum atomic E-state index is 11.7. The largest absolute Gasteiger partial charge is 0.288 e. The van der Waals surface area contributed by atoms with E-state index in [-0.39, 0.29) is 17.7 Å². The van der Waals surface area contributed by atoms with Crippen molar-refractivity contribution in [2.75, 3.05) is 0 Å². The summed E-state index contributed by atoms with van der Waals surface area (Å²) in [5.41, 5.74) is 2.04. The molecule has 1 unspecified atom stereocenters. The Kier molecular flexibility index (Phi) is 5.09. The molecule has 2 rings (SSSR count). The molecule has 21 heavy (non-hydrogen) atoms. The number of nitrogens with one attached hydrogen (secondary N) is 1.